The first kappa shape index (κ1) is 13.0. The van der Waals surface area contributed by atoms with E-state index in [1.165, 1.54) is 6.42 Å². The van der Waals surface area contributed by atoms with Crippen LogP contribution in [0, 0.1) is 11.8 Å². The number of anilines is 2. The van der Waals surface area contributed by atoms with Gasteiger partial charge < -0.3 is 15.4 Å². The quantitative estimate of drug-likeness (QED) is 0.875. The Morgan fingerprint density at radius 1 is 1.33 bits per heavy atom. The fourth-order valence-corrected chi connectivity index (χ4v) is 2.78. The van der Waals surface area contributed by atoms with E-state index in [0.29, 0.717) is 29.4 Å². The van der Waals surface area contributed by atoms with E-state index in [9.17, 15) is 0 Å². The van der Waals surface area contributed by atoms with Gasteiger partial charge in [0.05, 0.1) is 12.8 Å². The highest BCUT2D eigenvalue weighted by Crippen LogP contribution is 2.32. The van der Waals surface area contributed by atoms with Gasteiger partial charge in [0.15, 0.2) is 0 Å². The molecule has 0 spiro atoms. The first-order valence-corrected chi connectivity index (χ1v) is 6.60. The number of hydrogen-bond acceptors (Lipinski definition) is 4. The molecule has 4 nitrogen and oxygen atoms in total. The summed E-state index contributed by atoms with van der Waals surface area (Å²) in [5.41, 5.74) is 6.40. The highest BCUT2D eigenvalue weighted by atomic mass is 16.5. The Hall–Kier alpha value is -1.45. The number of aromatic nitrogens is 1. The van der Waals surface area contributed by atoms with Crippen LogP contribution in [0.2, 0.25) is 0 Å². The van der Waals surface area contributed by atoms with Gasteiger partial charge in [-0.05, 0) is 37.3 Å². The zero-order valence-corrected chi connectivity index (χ0v) is 11.7. The van der Waals surface area contributed by atoms with Crippen LogP contribution in [-0.2, 0) is 0 Å². The fraction of sp³-hybridized carbons (Fsp3) is 0.643. The molecule has 1 aromatic rings. The number of pyridine rings is 1. The molecule has 0 radical (unpaired) electrons. The topological polar surface area (TPSA) is 51.4 Å². The van der Waals surface area contributed by atoms with Crippen molar-refractivity contribution >= 4 is 11.5 Å². The average Bonchev–Trinajstić information content (AvgIpc) is 2.34. The van der Waals surface area contributed by atoms with Crippen molar-refractivity contribution in [3.05, 3.63) is 12.1 Å². The number of rotatable bonds is 2. The Balaban J connectivity index is 2.29. The second-order valence-corrected chi connectivity index (χ2v) is 5.48. The third-order valence-electron chi connectivity index (χ3n) is 3.96. The van der Waals surface area contributed by atoms with Gasteiger partial charge in [-0.2, -0.15) is 4.98 Å². The maximum atomic E-state index is 5.81. The van der Waals surface area contributed by atoms with Crippen molar-refractivity contribution in [3.63, 3.8) is 0 Å². The van der Waals surface area contributed by atoms with Crippen molar-refractivity contribution in [2.45, 2.75) is 33.2 Å². The van der Waals surface area contributed by atoms with Crippen LogP contribution in [0.25, 0.3) is 0 Å². The summed E-state index contributed by atoms with van der Waals surface area (Å²) in [6.45, 7) is 7.92. The van der Waals surface area contributed by atoms with Gasteiger partial charge in [-0.3, -0.25) is 0 Å². The molecule has 2 rings (SSSR count). The van der Waals surface area contributed by atoms with E-state index < -0.39 is 0 Å². The molecule has 2 N–H and O–H groups in total. The van der Waals surface area contributed by atoms with Crippen LogP contribution in [0.4, 0.5) is 11.5 Å². The number of hydrogen-bond donors (Lipinski definition) is 1. The molecule has 1 saturated heterocycles. The monoisotopic (exact) mass is 249 g/mol. The van der Waals surface area contributed by atoms with Crippen LogP contribution in [0.3, 0.4) is 0 Å². The lowest BCUT2D eigenvalue weighted by molar-refractivity contribution is 0.294. The molecule has 0 aromatic carbocycles. The zero-order chi connectivity index (χ0) is 13.3. The molecule has 3 unspecified atom stereocenters. The van der Waals surface area contributed by atoms with Gasteiger partial charge in [0, 0.05) is 12.6 Å². The SMILES string of the molecule is COc1nc(N2CC(C)CC(C)C2C)ccc1N. The Labute approximate surface area is 109 Å². The van der Waals surface area contributed by atoms with E-state index in [2.05, 4.69) is 30.7 Å². The van der Waals surface area contributed by atoms with Gasteiger partial charge in [0.1, 0.15) is 5.82 Å². The predicted molar refractivity (Wildman–Crippen MR) is 75.0 cm³/mol. The van der Waals surface area contributed by atoms with Crippen molar-refractivity contribution in [2.75, 3.05) is 24.3 Å². The van der Waals surface area contributed by atoms with E-state index >= 15 is 0 Å². The minimum atomic E-state index is 0.502. The summed E-state index contributed by atoms with van der Waals surface area (Å²) in [5.74, 6) is 2.86. The Bertz CT molecular complexity index is 422. The van der Waals surface area contributed by atoms with E-state index in [1.54, 1.807) is 7.11 Å². The van der Waals surface area contributed by atoms with Gasteiger partial charge in [-0.15, -0.1) is 0 Å². The first-order valence-electron chi connectivity index (χ1n) is 6.60. The maximum Gasteiger partial charge on any atom is 0.238 e. The van der Waals surface area contributed by atoms with Crippen molar-refractivity contribution in [3.8, 4) is 5.88 Å². The predicted octanol–water partition coefficient (Wildman–Crippen LogP) is 2.54. The zero-order valence-electron chi connectivity index (χ0n) is 11.7. The summed E-state index contributed by atoms with van der Waals surface area (Å²) in [6.07, 6.45) is 1.28. The minimum Gasteiger partial charge on any atom is -0.479 e. The molecule has 0 amide bonds. The van der Waals surface area contributed by atoms with Gasteiger partial charge in [-0.25, -0.2) is 0 Å². The summed E-state index contributed by atoms with van der Waals surface area (Å²) in [6, 6.07) is 4.36. The van der Waals surface area contributed by atoms with Crippen LogP contribution in [-0.4, -0.2) is 24.7 Å². The molecule has 1 aliphatic rings. The second kappa shape index (κ2) is 5.04. The molecule has 1 fully saturated rings. The highest BCUT2D eigenvalue weighted by Gasteiger charge is 2.29. The van der Waals surface area contributed by atoms with Crippen molar-refractivity contribution in [1.29, 1.82) is 0 Å². The van der Waals surface area contributed by atoms with Crippen LogP contribution < -0.4 is 15.4 Å². The summed E-state index contributed by atoms with van der Waals surface area (Å²) in [5, 5.41) is 0. The van der Waals surface area contributed by atoms with E-state index in [4.69, 9.17) is 10.5 Å². The van der Waals surface area contributed by atoms with Crippen LogP contribution in [0.5, 0.6) is 5.88 Å². The van der Waals surface area contributed by atoms with Gasteiger partial charge in [0.25, 0.3) is 0 Å². The fourth-order valence-electron chi connectivity index (χ4n) is 2.78. The number of nitrogens with two attached hydrogens (primary N) is 1. The summed E-state index contributed by atoms with van der Waals surface area (Å²) in [7, 11) is 1.60. The van der Waals surface area contributed by atoms with Gasteiger partial charge in [-0.1, -0.05) is 13.8 Å². The smallest absolute Gasteiger partial charge is 0.238 e. The average molecular weight is 249 g/mol. The molecule has 18 heavy (non-hydrogen) atoms. The Morgan fingerprint density at radius 2 is 2.06 bits per heavy atom. The highest BCUT2D eigenvalue weighted by molar-refractivity contribution is 5.55. The third-order valence-corrected chi connectivity index (χ3v) is 3.96. The largest absolute Gasteiger partial charge is 0.479 e. The molecular formula is C14H23N3O. The molecule has 2 heterocycles. The summed E-state index contributed by atoms with van der Waals surface area (Å²) < 4.78 is 5.20. The summed E-state index contributed by atoms with van der Waals surface area (Å²) >= 11 is 0. The van der Waals surface area contributed by atoms with Gasteiger partial charge in [0.2, 0.25) is 5.88 Å². The van der Waals surface area contributed by atoms with Crippen LogP contribution in [0.1, 0.15) is 27.2 Å². The van der Waals surface area contributed by atoms with E-state index in [0.717, 1.165) is 12.4 Å². The van der Waals surface area contributed by atoms with Crippen molar-refractivity contribution < 1.29 is 4.74 Å². The van der Waals surface area contributed by atoms with Crippen molar-refractivity contribution in [1.82, 2.24) is 4.98 Å². The second-order valence-electron chi connectivity index (χ2n) is 5.48. The molecule has 100 valence electrons. The van der Waals surface area contributed by atoms with Crippen molar-refractivity contribution in [2.24, 2.45) is 11.8 Å². The molecular weight excluding hydrogens is 226 g/mol. The molecule has 4 heteroatoms. The molecule has 1 aliphatic heterocycles. The van der Waals surface area contributed by atoms with E-state index in [1.807, 2.05) is 12.1 Å². The lowest BCUT2D eigenvalue weighted by Gasteiger charge is -2.42. The molecule has 1 aromatic heterocycles. The Morgan fingerprint density at radius 3 is 2.72 bits per heavy atom. The number of nitrogens with zero attached hydrogens (tertiary/aromatic N) is 2. The summed E-state index contributed by atoms with van der Waals surface area (Å²) in [4.78, 5) is 6.87. The number of ether oxygens (including phenoxy) is 1. The maximum absolute atomic E-state index is 5.81. The lowest BCUT2D eigenvalue weighted by atomic mass is 9.86. The minimum absolute atomic E-state index is 0.502. The molecule has 3 atom stereocenters. The normalized spacial score (nSPS) is 28.2. The molecule has 0 bridgehead atoms. The van der Waals surface area contributed by atoms with Gasteiger partial charge >= 0.3 is 0 Å². The third kappa shape index (κ3) is 2.37. The number of piperidine rings is 1. The molecule has 0 aliphatic carbocycles. The van der Waals surface area contributed by atoms with Crippen LogP contribution in [0.15, 0.2) is 12.1 Å². The lowest BCUT2D eigenvalue weighted by Crippen LogP contribution is -2.46. The number of methoxy groups -OCH3 is 1. The number of nitrogen functional groups attached to an aromatic ring is 1. The van der Waals surface area contributed by atoms with E-state index in [-0.39, 0.29) is 0 Å². The Kier molecular flexibility index (Phi) is 3.64. The first-order chi connectivity index (χ1) is 8.52. The standard InChI is InChI=1S/C14H23N3O/c1-9-7-10(2)11(3)17(8-9)13-6-5-12(15)14(16-13)18-4/h5-6,9-11H,7-8,15H2,1-4H3. The molecule has 0 saturated carbocycles. The van der Waals surface area contributed by atoms with Crippen LogP contribution >= 0.6 is 0 Å².